The third-order valence-electron chi connectivity index (χ3n) is 4.13. The molecule has 0 amide bonds. The van der Waals surface area contributed by atoms with E-state index >= 15 is 0 Å². The van der Waals surface area contributed by atoms with Crippen LogP contribution < -0.4 is 20.5 Å². The molecule has 0 aliphatic carbocycles. The summed E-state index contributed by atoms with van der Waals surface area (Å²) in [4.78, 5) is 4.30. The van der Waals surface area contributed by atoms with E-state index in [1.165, 1.54) is 12.1 Å². The van der Waals surface area contributed by atoms with Gasteiger partial charge in [-0.2, -0.15) is 0 Å². The van der Waals surface area contributed by atoms with E-state index < -0.39 is 10.0 Å². The molecule has 152 valence electrons. The Morgan fingerprint density at radius 1 is 1.11 bits per heavy atom. The summed E-state index contributed by atoms with van der Waals surface area (Å²) in [5.74, 6) is 1.42. The average molecular weight is 425 g/mol. The third-order valence-corrected chi connectivity index (χ3v) is 5.41. The maximum Gasteiger partial charge on any atom is 0.238 e. The highest BCUT2D eigenvalue weighted by Crippen LogP contribution is 2.22. The first-order valence-corrected chi connectivity index (χ1v) is 10.6. The Bertz CT molecular complexity index is 915. The van der Waals surface area contributed by atoms with Gasteiger partial charge in [-0.25, -0.2) is 13.6 Å². The highest BCUT2D eigenvalue weighted by molar-refractivity contribution is 7.89. The van der Waals surface area contributed by atoms with E-state index in [2.05, 4.69) is 15.6 Å². The number of rotatable bonds is 8. The molecule has 0 aliphatic rings. The van der Waals surface area contributed by atoms with E-state index in [4.69, 9.17) is 21.5 Å². The second-order valence-electron chi connectivity index (χ2n) is 6.07. The van der Waals surface area contributed by atoms with Gasteiger partial charge in [-0.3, -0.25) is 4.99 Å². The van der Waals surface area contributed by atoms with Crippen molar-refractivity contribution in [2.24, 2.45) is 10.1 Å². The van der Waals surface area contributed by atoms with Gasteiger partial charge in [-0.05, 0) is 48.2 Å². The maximum atomic E-state index is 11.3. The fraction of sp³-hybridized carbons (Fsp3) is 0.316. The molecular weight excluding hydrogens is 400 g/mol. The van der Waals surface area contributed by atoms with Gasteiger partial charge in [0.05, 0.1) is 12.0 Å². The van der Waals surface area contributed by atoms with E-state index in [0.717, 1.165) is 29.7 Å². The van der Waals surface area contributed by atoms with Gasteiger partial charge in [-0.1, -0.05) is 29.8 Å². The summed E-state index contributed by atoms with van der Waals surface area (Å²) in [5.41, 5.74) is 2.03. The number of halogens is 1. The molecule has 0 fully saturated rings. The van der Waals surface area contributed by atoms with Gasteiger partial charge >= 0.3 is 0 Å². The number of primary sulfonamides is 1. The van der Waals surface area contributed by atoms with E-state index in [1.807, 2.05) is 12.1 Å². The molecule has 0 bridgehead atoms. The zero-order valence-electron chi connectivity index (χ0n) is 15.9. The van der Waals surface area contributed by atoms with Crippen molar-refractivity contribution in [3.05, 3.63) is 58.6 Å². The number of guanidine groups is 1. The highest BCUT2D eigenvalue weighted by Gasteiger charge is 2.07. The van der Waals surface area contributed by atoms with Crippen LogP contribution in [0, 0.1) is 0 Å². The first-order chi connectivity index (χ1) is 13.3. The van der Waals surface area contributed by atoms with Crippen molar-refractivity contribution in [2.45, 2.75) is 17.7 Å². The maximum absolute atomic E-state index is 11.3. The SMILES string of the molecule is CN=C(NCCc1ccc(S(N)(=O)=O)cc1)NCCc1ccc(OC)cc1Cl. The lowest BCUT2D eigenvalue weighted by molar-refractivity contribution is 0.414. The fourth-order valence-electron chi connectivity index (χ4n) is 2.56. The molecule has 0 aliphatic heterocycles. The standard InChI is InChI=1S/C19H25ClN4O3S/c1-22-19(24-12-10-15-5-6-16(27-2)13-18(15)20)23-11-9-14-3-7-17(8-4-14)28(21,25)26/h3-8,13H,9-12H2,1-2H3,(H2,21,25,26)(H2,22,23,24). The molecule has 2 aromatic rings. The van der Waals surface area contributed by atoms with Crippen LogP contribution in [0.25, 0.3) is 0 Å². The largest absolute Gasteiger partial charge is 0.497 e. The number of nitrogens with two attached hydrogens (primary N) is 1. The average Bonchev–Trinajstić information content (AvgIpc) is 2.67. The van der Waals surface area contributed by atoms with Crippen LogP contribution in [0.3, 0.4) is 0 Å². The molecule has 2 aromatic carbocycles. The molecule has 0 saturated heterocycles. The molecule has 0 atom stereocenters. The van der Waals surface area contributed by atoms with Crippen molar-refractivity contribution in [3.63, 3.8) is 0 Å². The predicted molar refractivity (Wildman–Crippen MR) is 113 cm³/mol. The summed E-state index contributed by atoms with van der Waals surface area (Å²) in [6.07, 6.45) is 1.47. The lowest BCUT2D eigenvalue weighted by atomic mass is 10.1. The lowest BCUT2D eigenvalue weighted by Gasteiger charge is -2.13. The highest BCUT2D eigenvalue weighted by atomic mass is 35.5. The minimum atomic E-state index is -3.66. The van der Waals surface area contributed by atoms with Crippen molar-refractivity contribution in [1.82, 2.24) is 10.6 Å². The fourth-order valence-corrected chi connectivity index (χ4v) is 3.35. The molecule has 7 nitrogen and oxygen atoms in total. The Labute approximate surface area is 171 Å². The Kier molecular flexibility index (Phi) is 8.10. The molecule has 0 radical (unpaired) electrons. The number of benzene rings is 2. The summed E-state index contributed by atoms with van der Waals surface area (Å²) in [6.45, 7) is 1.33. The summed E-state index contributed by atoms with van der Waals surface area (Å²) >= 11 is 6.25. The van der Waals surface area contributed by atoms with Crippen LogP contribution >= 0.6 is 11.6 Å². The quantitative estimate of drug-likeness (QED) is 0.443. The number of nitrogens with one attached hydrogen (secondary N) is 2. The molecule has 4 N–H and O–H groups in total. The Morgan fingerprint density at radius 3 is 2.29 bits per heavy atom. The van der Waals surface area contributed by atoms with Gasteiger partial charge < -0.3 is 15.4 Å². The van der Waals surface area contributed by atoms with Crippen LogP contribution in [0.4, 0.5) is 0 Å². The predicted octanol–water partition coefficient (Wildman–Crippen LogP) is 1.95. The van der Waals surface area contributed by atoms with Gasteiger partial charge in [0.1, 0.15) is 5.75 Å². The van der Waals surface area contributed by atoms with Gasteiger partial charge in [-0.15, -0.1) is 0 Å². The van der Waals surface area contributed by atoms with Crippen LogP contribution in [-0.4, -0.2) is 41.6 Å². The van der Waals surface area contributed by atoms with Crippen molar-refractivity contribution < 1.29 is 13.2 Å². The number of nitrogens with zero attached hydrogens (tertiary/aromatic N) is 1. The van der Waals surface area contributed by atoms with Gasteiger partial charge in [0.25, 0.3) is 0 Å². The second-order valence-corrected chi connectivity index (χ2v) is 8.04. The summed E-state index contributed by atoms with van der Waals surface area (Å²) in [7, 11) is -0.346. The molecule has 0 heterocycles. The molecule has 0 aromatic heterocycles. The number of ether oxygens (including phenoxy) is 1. The number of hydrogen-bond acceptors (Lipinski definition) is 4. The first kappa shape index (κ1) is 22.0. The second kappa shape index (κ2) is 10.3. The Morgan fingerprint density at radius 2 is 1.75 bits per heavy atom. The van der Waals surface area contributed by atoms with Gasteiger partial charge in [0, 0.05) is 25.2 Å². The molecular formula is C19H25ClN4O3S. The zero-order chi connectivity index (χ0) is 20.6. The van der Waals surface area contributed by atoms with E-state index in [-0.39, 0.29) is 4.90 Å². The van der Waals surface area contributed by atoms with Gasteiger partial charge in [0.2, 0.25) is 10.0 Å². The molecule has 28 heavy (non-hydrogen) atoms. The minimum absolute atomic E-state index is 0.110. The van der Waals surface area contributed by atoms with Crippen LogP contribution in [0.5, 0.6) is 5.75 Å². The molecule has 0 spiro atoms. The Balaban J connectivity index is 1.77. The summed E-state index contributed by atoms with van der Waals surface area (Å²) in [5, 5.41) is 12.2. The minimum Gasteiger partial charge on any atom is -0.497 e. The molecule has 0 unspecified atom stereocenters. The lowest BCUT2D eigenvalue weighted by Crippen LogP contribution is -2.39. The number of hydrogen-bond donors (Lipinski definition) is 3. The van der Waals surface area contributed by atoms with Crippen molar-refractivity contribution in [3.8, 4) is 5.75 Å². The van der Waals surface area contributed by atoms with E-state index in [0.29, 0.717) is 24.1 Å². The van der Waals surface area contributed by atoms with Crippen molar-refractivity contribution >= 4 is 27.6 Å². The van der Waals surface area contributed by atoms with E-state index in [9.17, 15) is 8.42 Å². The van der Waals surface area contributed by atoms with Crippen LogP contribution in [0.15, 0.2) is 52.4 Å². The number of sulfonamides is 1. The summed E-state index contributed by atoms with van der Waals surface area (Å²) in [6, 6.07) is 12.2. The monoisotopic (exact) mass is 424 g/mol. The summed E-state index contributed by atoms with van der Waals surface area (Å²) < 4.78 is 27.7. The van der Waals surface area contributed by atoms with Crippen LogP contribution in [-0.2, 0) is 22.9 Å². The topological polar surface area (TPSA) is 106 Å². The van der Waals surface area contributed by atoms with Crippen molar-refractivity contribution in [1.29, 1.82) is 0 Å². The van der Waals surface area contributed by atoms with E-state index in [1.54, 1.807) is 32.4 Å². The zero-order valence-corrected chi connectivity index (χ0v) is 17.5. The van der Waals surface area contributed by atoms with Crippen LogP contribution in [0.2, 0.25) is 5.02 Å². The molecule has 2 rings (SSSR count). The molecule has 9 heteroatoms. The Hall–Kier alpha value is -2.29. The number of aliphatic imine (C=N–C) groups is 1. The third kappa shape index (κ3) is 6.70. The smallest absolute Gasteiger partial charge is 0.238 e. The van der Waals surface area contributed by atoms with Crippen LogP contribution in [0.1, 0.15) is 11.1 Å². The normalized spacial score (nSPS) is 11.9. The number of methoxy groups -OCH3 is 1. The molecule has 0 saturated carbocycles. The van der Waals surface area contributed by atoms with Crippen molar-refractivity contribution in [2.75, 3.05) is 27.2 Å². The first-order valence-electron chi connectivity index (χ1n) is 8.72. The van der Waals surface area contributed by atoms with Gasteiger partial charge in [0.15, 0.2) is 5.96 Å².